The standard InChI is InChI=1S/C32H28Cl2F6N2O9/c1-17(15-43)49-27-25(33)23(11-13-29(27,41(45)46)19-7-3-5-9-21(19)31(35,36)37)51-24-12-14-30(42(47)48,28(26(24)34)50-18(2)16-44)20-8-4-6-10-22(20)32(38,39)40/h3-14,17-18,27-28,43-44H,15-16H2,1-2H3. The fraction of sp³-hybridized carbons (Fsp3) is 0.375. The first-order valence-corrected chi connectivity index (χ1v) is 15.5. The predicted molar refractivity (Wildman–Crippen MR) is 168 cm³/mol. The summed E-state index contributed by atoms with van der Waals surface area (Å²) in [6, 6.07) is 7.24. The number of aliphatic hydroxyl groups is 2. The number of rotatable bonds is 12. The van der Waals surface area contributed by atoms with E-state index in [2.05, 4.69) is 0 Å². The van der Waals surface area contributed by atoms with Gasteiger partial charge in [0, 0.05) is 33.1 Å². The highest BCUT2D eigenvalue weighted by atomic mass is 35.5. The molecule has 2 aliphatic rings. The summed E-state index contributed by atoms with van der Waals surface area (Å²) in [5, 5.41) is 43.5. The molecule has 4 rings (SSSR count). The highest BCUT2D eigenvalue weighted by Gasteiger charge is 2.60. The first kappa shape index (κ1) is 39.8. The van der Waals surface area contributed by atoms with Crippen molar-refractivity contribution in [3.8, 4) is 0 Å². The molecule has 6 atom stereocenters. The summed E-state index contributed by atoms with van der Waals surface area (Å²) in [6.07, 6.45) is -13.7. The van der Waals surface area contributed by atoms with Gasteiger partial charge in [0.2, 0.25) is 0 Å². The number of benzene rings is 2. The van der Waals surface area contributed by atoms with Crippen molar-refractivity contribution in [3.63, 3.8) is 0 Å². The van der Waals surface area contributed by atoms with Gasteiger partial charge in [-0.15, -0.1) is 0 Å². The second kappa shape index (κ2) is 14.9. The van der Waals surface area contributed by atoms with Crippen molar-refractivity contribution in [1.82, 2.24) is 0 Å². The third-order valence-electron chi connectivity index (χ3n) is 8.11. The van der Waals surface area contributed by atoms with Crippen molar-refractivity contribution < 1.29 is 60.6 Å². The lowest BCUT2D eigenvalue weighted by Crippen LogP contribution is -2.51. The van der Waals surface area contributed by atoms with E-state index in [1.54, 1.807) is 0 Å². The third-order valence-corrected chi connectivity index (χ3v) is 8.88. The average Bonchev–Trinajstić information content (AvgIpc) is 3.07. The maximum absolute atomic E-state index is 14.1. The van der Waals surface area contributed by atoms with Crippen molar-refractivity contribution in [2.45, 2.75) is 61.7 Å². The van der Waals surface area contributed by atoms with Gasteiger partial charge >= 0.3 is 12.4 Å². The Balaban J connectivity index is 1.92. The number of allylic oxidation sites excluding steroid dienone is 2. The normalized spacial score (nSPS) is 25.2. The van der Waals surface area contributed by atoms with Gasteiger partial charge in [0.1, 0.15) is 11.5 Å². The molecule has 19 heteroatoms. The first-order valence-electron chi connectivity index (χ1n) is 14.8. The molecule has 276 valence electrons. The van der Waals surface area contributed by atoms with E-state index < -0.39 is 115 Å². The molecule has 0 fully saturated rings. The van der Waals surface area contributed by atoms with Gasteiger partial charge in [0.05, 0.1) is 46.6 Å². The van der Waals surface area contributed by atoms with E-state index in [-0.39, 0.29) is 0 Å². The lowest BCUT2D eigenvalue weighted by molar-refractivity contribution is -0.577. The summed E-state index contributed by atoms with van der Waals surface area (Å²) in [5.41, 5.74) is -10.2. The average molecular weight is 769 g/mol. The van der Waals surface area contributed by atoms with Gasteiger partial charge in [0.25, 0.3) is 11.1 Å². The fourth-order valence-electron chi connectivity index (χ4n) is 5.68. The molecule has 11 nitrogen and oxygen atoms in total. The molecule has 0 radical (unpaired) electrons. The quantitative estimate of drug-likeness (QED) is 0.133. The van der Waals surface area contributed by atoms with Gasteiger partial charge in [-0.25, -0.2) is 0 Å². The fourth-order valence-corrected chi connectivity index (χ4v) is 6.32. The number of nitrogens with zero attached hydrogens (tertiary/aromatic N) is 2. The van der Waals surface area contributed by atoms with E-state index in [0.29, 0.717) is 12.1 Å². The summed E-state index contributed by atoms with van der Waals surface area (Å²) in [4.78, 5) is 23.4. The number of nitro groups is 2. The molecule has 6 unspecified atom stereocenters. The first-order chi connectivity index (χ1) is 23.8. The molecule has 2 aromatic carbocycles. The highest BCUT2D eigenvalue weighted by molar-refractivity contribution is 6.31. The van der Waals surface area contributed by atoms with E-state index >= 15 is 0 Å². The van der Waals surface area contributed by atoms with Gasteiger partial charge < -0.3 is 24.4 Å². The summed E-state index contributed by atoms with van der Waals surface area (Å²) in [7, 11) is 0. The molecule has 2 N–H and O–H groups in total. The van der Waals surface area contributed by atoms with Crippen LogP contribution in [-0.2, 0) is 37.6 Å². The maximum Gasteiger partial charge on any atom is 0.416 e. The zero-order chi connectivity index (χ0) is 38.1. The van der Waals surface area contributed by atoms with Crippen LogP contribution in [0.4, 0.5) is 26.3 Å². The van der Waals surface area contributed by atoms with Crippen LogP contribution < -0.4 is 0 Å². The van der Waals surface area contributed by atoms with Crippen LogP contribution in [0.1, 0.15) is 36.1 Å². The minimum Gasteiger partial charge on any atom is -0.455 e. The molecular formula is C32H28Cl2F6N2O9. The number of alkyl halides is 6. The van der Waals surface area contributed by atoms with E-state index in [1.165, 1.54) is 13.8 Å². The van der Waals surface area contributed by atoms with Crippen LogP contribution in [0, 0.1) is 20.2 Å². The number of hydrogen-bond donors (Lipinski definition) is 2. The molecule has 0 aromatic heterocycles. The summed E-state index contributed by atoms with van der Waals surface area (Å²) in [6.45, 7) is 1.01. The lowest BCUT2D eigenvalue weighted by atomic mass is 9.78. The Morgan fingerprint density at radius 1 is 0.725 bits per heavy atom. The summed E-state index contributed by atoms with van der Waals surface area (Å²) < 4.78 is 102. The van der Waals surface area contributed by atoms with Crippen molar-refractivity contribution in [3.05, 3.63) is 137 Å². The van der Waals surface area contributed by atoms with Crippen LogP contribution in [0.5, 0.6) is 0 Å². The van der Waals surface area contributed by atoms with Crippen LogP contribution in [0.25, 0.3) is 0 Å². The SMILES string of the molecule is CC(CO)OC1C(Cl)=C(OC2=C(Cl)C(OC(C)CO)C(c3ccccc3C(F)(F)F)([N+](=O)[O-])C=C2)C=CC1(c1ccccc1C(F)(F)F)[N+](=O)[O-]. The molecule has 2 aliphatic carbocycles. The van der Waals surface area contributed by atoms with Gasteiger partial charge in [-0.05, 0) is 38.1 Å². The Bertz CT molecular complexity index is 1670. The molecule has 0 spiro atoms. The summed E-state index contributed by atoms with van der Waals surface area (Å²) >= 11 is 13.2. The van der Waals surface area contributed by atoms with Crippen LogP contribution in [0.15, 0.2) is 94.4 Å². The molecule has 51 heavy (non-hydrogen) atoms. The maximum atomic E-state index is 14.1. The smallest absolute Gasteiger partial charge is 0.416 e. The van der Waals surface area contributed by atoms with Crippen molar-refractivity contribution in [1.29, 1.82) is 0 Å². The molecule has 2 aromatic rings. The Morgan fingerprint density at radius 2 is 1.06 bits per heavy atom. The zero-order valence-corrected chi connectivity index (χ0v) is 27.8. The second-order valence-electron chi connectivity index (χ2n) is 11.5. The molecule has 0 aliphatic heterocycles. The highest BCUT2D eigenvalue weighted by Crippen LogP contribution is 2.50. The van der Waals surface area contributed by atoms with Crippen molar-refractivity contribution >= 4 is 23.2 Å². The summed E-state index contributed by atoms with van der Waals surface area (Å²) in [5.74, 6) is -1.05. The van der Waals surface area contributed by atoms with Crippen LogP contribution in [0.3, 0.4) is 0 Å². The minimum absolute atomic E-state index is 0.523. The molecule has 0 bridgehead atoms. The Labute approximate surface area is 295 Å². The van der Waals surface area contributed by atoms with Crippen molar-refractivity contribution in [2.24, 2.45) is 0 Å². The minimum atomic E-state index is -5.08. The molecule has 0 saturated heterocycles. The lowest BCUT2D eigenvalue weighted by Gasteiger charge is -2.37. The van der Waals surface area contributed by atoms with Crippen LogP contribution in [0.2, 0.25) is 0 Å². The van der Waals surface area contributed by atoms with E-state index in [0.717, 1.165) is 60.7 Å². The van der Waals surface area contributed by atoms with E-state index in [9.17, 15) is 56.8 Å². The van der Waals surface area contributed by atoms with Gasteiger partial charge in [-0.2, -0.15) is 26.3 Å². The van der Waals surface area contributed by atoms with Crippen molar-refractivity contribution in [2.75, 3.05) is 13.2 Å². The van der Waals surface area contributed by atoms with Gasteiger partial charge in [-0.3, -0.25) is 20.2 Å². The van der Waals surface area contributed by atoms with E-state index in [1.807, 2.05) is 0 Å². The zero-order valence-electron chi connectivity index (χ0n) is 26.3. The Kier molecular flexibility index (Phi) is 11.6. The largest absolute Gasteiger partial charge is 0.455 e. The molecular weight excluding hydrogens is 741 g/mol. The topological polar surface area (TPSA) is 154 Å². The predicted octanol–water partition coefficient (Wildman–Crippen LogP) is 6.96. The number of aliphatic hydroxyl groups excluding tert-OH is 2. The van der Waals surface area contributed by atoms with E-state index in [4.69, 9.17) is 37.4 Å². The van der Waals surface area contributed by atoms with Crippen LogP contribution >= 0.6 is 23.2 Å². The molecule has 0 heterocycles. The Hall–Kier alpha value is -4.00. The number of halogens is 8. The monoisotopic (exact) mass is 768 g/mol. The molecule has 0 saturated carbocycles. The third kappa shape index (κ3) is 7.36. The number of hydrogen-bond acceptors (Lipinski definition) is 9. The molecule has 0 amide bonds. The Morgan fingerprint density at radius 3 is 1.35 bits per heavy atom. The van der Waals surface area contributed by atoms with Gasteiger partial charge in [0.15, 0.2) is 12.2 Å². The van der Waals surface area contributed by atoms with Gasteiger partial charge in [-0.1, -0.05) is 59.6 Å². The van der Waals surface area contributed by atoms with Crippen LogP contribution in [-0.4, -0.2) is 57.7 Å². The number of ether oxygens (including phenoxy) is 3. The second-order valence-corrected chi connectivity index (χ2v) is 12.3.